The maximum atomic E-state index is 5.80. The molecule has 2 nitrogen and oxygen atoms in total. The van der Waals surface area contributed by atoms with E-state index in [2.05, 4.69) is 41.1 Å². The van der Waals surface area contributed by atoms with Crippen LogP contribution in [0.4, 0.5) is 0 Å². The number of rotatable bonds is 6. The summed E-state index contributed by atoms with van der Waals surface area (Å²) in [6.07, 6.45) is 7.52. The fourth-order valence-electron chi connectivity index (χ4n) is 3.16. The standard InChI is InChI=1S/C18H24BrNOS/c1-2-3-10-21-12-13-4-6-14(7-5-13)18-20-16-9-8-15(19)11-17(16)22-18/h8-9,11,13-14H,2-7,10,12H2,1H3. The van der Waals surface area contributed by atoms with E-state index in [1.54, 1.807) is 0 Å². The van der Waals surface area contributed by atoms with E-state index in [9.17, 15) is 0 Å². The normalized spacial score (nSPS) is 22.3. The summed E-state index contributed by atoms with van der Waals surface area (Å²) in [6.45, 7) is 4.10. The summed E-state index contributed by atoms with van der Waals surface area (Å²) in [5.41, 5.74) is 1.15. The molecule has 1 aromatic heterocycles. The Morgan fingerprint density at radius 3 is 2.86 bits per heavy atom. The minimum absolute atomic E-state index is 0.656. The van der Waals surface area contributed by atoms with Crippen molar-refractivity contribution in [2.45, 2.75) is 51.4 Å². The van der Waals surface area contributed by atoms with Crippen molar-refractivity contribution in [1.82, 2.24) is 4.98 Å². The van der Waals surface area contributed by atoms with Gasteiger partial charge in [0.15, 0.2) is 0 Å². The average molecular weight is 382 g/mol. The number of unbranched alkanes of at least 4 members (excludes halogenated alkanes) is 1. The Morgan fingerprint density at radius 2 is 2.09 bits per heavy atom. The van der Waals surface area contributed by atoms with Crippen molar-refractivity contribution in [3.05, 3.63) is 27.7 Å². The maximum absolute atomic E-state index is 5.80. The van der Waals surface area contributed by atoms with Crippen molar-refractivity contribution < 1.29 is 4.74 Å². The number of benzene rings is 1. The summed E-state index contributed by atoms with van der Waals surface area (Å²) < 4.78 is 8.24. The zero-order valence-electron chi connectivity index (χ0n) is 13.2. The van der Waals surface area contributed by atoms with Gasteiger partial charge in [-0.1, -0.05) is 29.3 Å². The van der Waals surface area contributed by atoms with Crippen LogP contribution in [0, 0.1) is 5.92 Å². The highest BCUT2D eigenvalue weighted by Gasteiger charge is 2.24. The molecule has 0 unspecified atom stereocenters. The van der Waals surface area contributed by atoms with Crippen LogP contribution < -0.4 is 0 Å². The second-order valence-corrected chi connectivity index (χ2v) is 8.29. The number of hydrogen-bond acceptors (Lipinski definition) is 3. The molecule has 1 fully saturated rings. The molecular formula is C18H24BrNOS. The third kappa shape index (κ3) is 4.09. The molecule has 22 heavy (non-hydrogen) atoms. The molecule has 120 valence electrons. The van der Waals surface area contributed by atoms with Gasteiger partial charge in [0, 0.05) is 23.6 Å². The highest BCUT2D eigenvalue weighted by Crippen LogP contribution is 2.39. The Balaban J connectivity index is 1.54. The van der Waals surface area contributed by atoms with E-state index in [1.165, 1.54) is 48.2 Å². The lowest BCUT2D eigenvalue weighted by atomic mass is 9.83. The highest BCUT2D eigenvalue weighted by atomic mass is 79.9. The van der Waals surface area contributed by atoms with Crippen molar-refractivity contribution in [2.24, 2.45) is 5.92 Å². The van der Waals surface area contributed by atoms with Crippen molar-refractivity contribution in [2.75, 3.05) is 13.2 Å². The number of aromatic nitrogens is 1. The van der Waals surface area contributed by atoms with Crippen LogP contribution >= 0.6 is 27.3 Å². The highest BCUT2D eigenvalue weighted by molar-refractivity contribution is 9.10. The van der Waals surface area contributed by atoms with E-state index in [0.717, 1.165) is 29.1 Å². The second kappa shape index (κ2) is 7.89. The lowest BCUT2D eigenvalue weighted by Crippen LogP contribution is -2.18. The third-order valence-corrected chi connectivity index (χ3v) is 6.23. The Bertz CT molecular complexity index is 604. The van der Waals surface area contributed by atoms with E-state index >= 15 is 0 Å². The molecule has 0 N–H and O–H groups in total. The third-order valence-electron chi connectivity index (χ3n) is 4.56. The molecule has 2 aromatic rings. The first kappa shape index (κ1) is 16.4. The summed E-state index contributed by atoms with van der Waals surface area (Å²) in [7, 11) is 0. The Labute approximate surface area is 145 Å². The lowest BCUT2D eigenvalue weighted by molar-refractivity contribution is 0.0808. The van der Waals surface area contributed by atoms with Crippen LogP contribution in [0.3, 0.4) is 0 Å². The van der Waals surface area contributed by atoms with Crippen LogP contribution in [-0.4, -0.2) is 18.2 Å². The smallest absolute Gasteiger partial charge is 0.0969 e. The number of fused-ring (bicyclic) bond motifs is 1. The molecule has 1 aromatic carbocycles. The first-order chi connectivity index (χ1) is 10.8. The van der Waals surface area contributed by atoms with E-state index in [-0.39, 0.29) is 0 Å². The number of nitrogens with zero attached hydrogens (tertiary/aromatic N) is 1. The fraction of sp³-hybridized carbons (Fsp3) is 0.611. The minimum atomic E-state index is 0.656. The first-order valence-corrected chi connectivity index (χ1v) is 10.0. The molecule has 0 amide bonds. The summed E-state index contributed by atoms with van der Waals surface area (Å²) in [5.74, 6) is 1.42. The monoisotopic (exact) mass is 381 g/mol. The van der Waals surface area contributed by atoms with E-state index < -0.39 is 0 Å². The van der Waals surface area contributed by atoms with Crippen LogP contribution in [0.2, 0.25) is 0 Å². The largest absolute Gasteiger partial charge is 0.381 e. The van der Waals surface area contributed by atoms with Gasteiger partial charge in [-0.05, 0) is 56.2 Å². The van der Waals surface area contributed by atoms with Gasteiger partial charge < -0.3 is 4.74 Å². The molecule has 1 aliphatic rings. The SMILES string of the molecule is CCCCOCC1CCC(c2nc3ccc(Br)cc3s2)CC1. The summed E-state index contributed by atoms with van der Waals surface area (Å²) >= 11 is 5.42. The minimum Gasteiger partial charge on any atom is -0.381 e. The van der Waals surface area contributed by atoms with Crippen molar-refractivity contribution >= 4 is 37.5 Å². The van der Waals surface area contributed by atoms with Crippen molar-refractivity contribution in [1.29, 1.82) is 0 Å². The summed E-state index contributed by atoms with van der Waals surface area (Å²) in [4.78, 5) is 4.86. The number of thiazole rings is 1. The molecule has 0 bridgehead atoms. The second-order valence-electron chi connectivity index (χ2n) is 6.31. The zero-order chi connectivity index (χ0) is 15.4. The van der Waals surface area contributed by atoms with Gasteiger partial charge in [-0.15, -0.1) is 11.3 Å². The van der Waals surface area contributed by atoms with E-state index in [1.807, 2.05) is 11.3 Å². The Kier molecular flexibility index (Phi) is 5.89. The van der Waals surface area contributed by atoms with E-state index in [0.29, 0.717) is 5.92 Å². The molecule has 0 atom stereocenters. The molecule has 0 spiro atoms. The Hall–Kier alpha value is -0.450. The summed E-state index contributed by atoms with van der Waals surface area (Å²) in [6, 6.07) is 6.38. The van der Waals surface area contributed by atoms with Crippen LogP contribution in [0.25, 0.3) is 10.2 Å². The quantitative estimate of drug-likeness (QED) is 0.559. The average Bonchev–Trinajstić information content (AvgIpc) is 2.95. The molecule has 0 aliphatic heterocycles. The maximum Gasteiger partial charge on any atom is 0.0969 e. The van der Waals surface area contributed by atoms with Crippen molar-refractivity contribution in [3.8, 4) is 0 Å². The van der Waals surface area contributed by atoms with Gasteiger partial charge in [-0.25, -0.2) is 4.98 Å². The lowest BCUT2D eigenvalue weighted by Gasteiger charge is -2.27. The molecule has 1 heterocycles. The number of ether oxygens (including phenoxy) is 1. The summed E-state index contributed by atoms with van der Waals surface area (Å²) in [5, 5.41) is 1.33. The fourth-order valence-corrected chi connectivity index (χ4v) is 4.85. The van der Waals surface area contributed by atoms with Gasteiger partial charge in [-0.3, -0.25) is 0 Å². The topological polar surface area (TPSA) is 22.1 Å². The van der Waals surface area contributed by atoms with Crippen LogP contribution in [0.1, 0.15) is 56.4 Å². The van der Waals surface area contributed by atoms with Gasteiger partial charge in [0.2, 0.25) is 0 Å². The van der Waals surface area contributed by atoms with Crippen molar-refractivity contribution in [3.63, 3.8) is 0 Å². The molecule has 4 heteroatoms. The van der Waals surface area contributed by atoms with Crippen LogP contribution in [0.15, 0.2) is 22.7 Å². The molecule has 1 aliphatic carbocycles. The predicted molar refractivity (Wildman–Crippen MR) is 97.7 cm³/mol. The molecule has 1 saturated carbocycles. The molecular weight excluding hydrogens is 358 g/mol. The van der Waals surface area contributed by atoms with Crippen LogP contribution in [-0.2, 0) is 4.74 Å². The molecule has 3 rings (SSSR count). The molecule has 0 radical (unpaired) electrons. The van der Waals surface area contributed by atoms with E-state index in [4.69, 9.17) is 9.72 Å². The van der Waals surface area contributed by atoms with Crippen LogP contribution in [0.5, 0.6) is 0 Å². The van der Waals surface area contributed by atoms with Gasteiger partial charge >= 0.3 is 0 Å². The number of halogens is 1. The van der Waals surface area contributed by atoms with Gasteiger partial charge in [0.25, 0.3) is 0 Å². The first-order valence-electron chi connectivity index (χ1n) is 8.40. The van der Waals surface area contributed by atoms with Gasteiger partial charge in [0.05, 0.1) is 15.2 Å². The molecule has 0 saturated heterocycles. The Morgan fingerprint density at radius 1 is 1.27 bits per heavy atom. The number of hydrogen-bond donors (Lipinski definition) is 0. The predicted octanol–water partition coefficient (Wildman–Crippen LogP) is 6.15. The van der Waals surface area contributed by atoms with Gasteiger partial charge in [-0.2, -0.15) is 0 Å². The zero-order valence-corrected chi connectivity index (χ0v) is 15.6. The van der Waals surface area contributed by atoms with Gasteiger partial charge in [0.1, 0.15) is 0 Å².